The average Bonchev–Trinajstić information content (AvgIpc) is 2.48. The number of amides is 1. The summed E-state index contributed by atoms with van der Waals surface area (Å²) in [6, 6.07) is 1.34. The van der Waals surface area contributed by atoms with E-state index in [0.29, 0.717) is 6.61 Å². The van der Waals surface area contributed by atoms with E-state index in [1.807, 2.05) is 6.92 Å². The molecule has 0 N–H and O–H groups in total. The van der Waals surface area contributed by atoms with E-state index < -0.39 is 0 Å². The number of carbonyl (C=O) groups is 1. The summed E-state index contributed by atoms with van der Waals surface area (Å²) in [5.74, 6) is -0.122. The molecule has 2 aliphatic rings. The van der Waals surface area contributed by atoms with Crippen LogP contribution in [0.5, 0.6) is 5.75 Å². The third kappa shape index (κ3) is 2.45. The molecule has 3 rings (SSSR count). The van der Waals surface area contributed by atoms with Crippen LogP contribution in [-0.4, -0.2) is 43.7 Å². The van der Waals surface area contributed by atoms with Gasteiger partial charge < -0.3 is 18.8 Å². The van der Waals surface area contributed by atoms with Gasteiger partial charge in [-0.1, -0.05) is 6.42 Å². The Kier molecular flexibility index (Phi) is 4.19. The van der Waals surface area contributed by atoms with Crippen molar-refractivity contribution in [3.63, 3.8) is 0 Å². The summed E-state index contributed by atoms with van der Waals surface area (Å²) in [4.78, 5) is 26.2. The second-order valence-corrected chi connectivity index (χ2v) is 6.38. The number of nitrogens with zero attached hydrogens (tertiary/aromatic N) is 1. The van der Waals surface area contributed by atoms with Gasteiger partial charge in [0, 0.05) is 31.2 Å². The van der Waals surface area contributed by atoms with Crippen LogP contribution >= 0.6 is 0 Å². The number of ether oxygens (including phenoxy) is 2. The molecule has 1 spiro atoms. The fraction of sp³-hybridized carbons (Fsp3) is 0.647. The molecule has 0 aromatic carbocycles. The van der Waals surface area contributed by atoms with Crippen molar-refractivity contribution in [3.05, 3.63) is 28.3 Å². The minimum atomic E-state index is -0.352. The molecule has 6 heteroatoms. The first-order valence-electron chi connectivity index (χ1n) is 8.09. The van der Waals surface area contributed by atoms with Gasteiger partial charge in [0.1, 0.15) is 6.26 Å². The predicted molar refractivity (Wildman–Crippen MR) is 83.7 cm³/mol. The molecule has 126 valence electrons. The van der Waals surface area contributed by atoms with Crippen LogP contribution in [0.3, 0.4) is 0 Å². The first-order valence-corrected chi connectivity index (χ1v) is 8.09. The van der Waals surface area contributed by atoms with Crippen molar-refractivity contribution in [3.8, 4) is 5.75 Å². The first-order chi connectivity index (χ1) is 11.0. The second-order valence-electron chi connectivity index (χ2n) is 6.38. The molecule has 2 aliphatic carbocycles. The van der Waals surface area contributed by atoms with Gasteiger partial charge in [0.25, 0.3) is 5.91 Å². The van der Waals surface area contributed by atoms with Crippen LogP contribution in [0.1, 0.15) is 43.2 Å². The van der Waals surface area contributed by atoms with Gasteiger partial charge in [-0.15, -0.1) is 0 Å². The second kappa shape index (κ2) is 6.00. The summed E-state index contributed by atoms with van der Waals surface area (Å²) >= 11 is 0. The Morgan fingerprint density at radius 1 is 1.48 bits per heavy atom. The van der Waals surface area contributed by atoms with Gasteiger partial charge in [-0.3, -0.25) is 9.59 Å². The molecular formula is C17H23NO5. The molecule has 2 fully saturated rings. The van der Waals surface area contributed by atoms with E-state index in [-0.39, 0.29) is 40.4 Å². The smallest absolute Gasteiger partial charge is 0.289 e. The molecule has 23 heavy (non-hydrogen) atoms. The standard InChI is InChI=1S/C17H23NO5/c1-4-22-15-9-14(17(15)6-5-7-17)18(2)16(20)12-8-11(19)13(21-3)10-23-12/h8,10,14-15H,4-7,9H2,1-3H3/t14-,15+/m1/s1. The number of hydrogen-bond donors (Lipinski definition) is 0. The fourth-order valence-electron chi connectivity index (χ4n) is 3.92. The maximum absolute atomic E-state index is 12.6. The SMILES string of the molecule is CCO[C@H]1C[C@@H](N(C)C(=O)c2cc(=O)c(OC)co2)C12CCC2. The molecule has 2 atom stereocenters. The van der Waals surface area contributed by atoms with E-state index in [1.165, 1.54) is 25.9 Å². The van der Waals surface area contributed by atoms with Crippen LogP contribution in [0.15, 0.2) is 21.5 Å². The number of rotatable bonds is 5. The Morgan fingerprint density at radius 3 is 2.74 bits per heavy atom. The molecule has 0 bridgehead atoms. The highest BCUT2D eigenvalue weighted by atomic mass is 16.5. The zero-order valence-corrected chi connectivity index (χ0v) is 13.8. The lowest BCUT2D eigenvalue weighted by molar-refractivity contribution is -0.192. The van der Waals surface area contributed by atoms with Crippen molar-refractivity contribution in [2.75, 3.05) is 20.8 Å². The van der Waals surface area contributed by atoms with Crippen LogP contribution in [0.25, 0.3) is 0 Å². The molecule has 1 amide bonds. The van der Waals surface area contributed by atoms with E-state index in [1.54, 1.807) is 11.9 Å². The summed E-state index contributed by atoms with van der Waals surface area (Å²) in [5.41, 5.74) is -0.262. The molecular weight excluding hydrogens is 298 g/mol. The topological polar surface area (TPSA) is 69.0 Å². The van der Waals surface area contributed by atoms with E-state index in [0.717, 1.165) is 19.3 Å². The van der Waals surface area contributed by atoms with E-state index in [2.05, 4.69) is 0 Å². The predicted octanol–water partition coefficient (Wildman–Crippen LogP) is 2.07. The molecule has 1 aromatic rings. The molecule has 0 unspecified atom stereocenters. The number of hydrogen-bond acceptors (Lipinski definition) is 5. The zero-order chi connectivity index (χ0) is 16.6. The molecule has 2 saturated carbocycles. The van der Waals surface area contributed by atoms with Gasteiger partial charge in [-0.05, 0) is 26.2 Å². The summed E-state index contributed by atoms with van der Waals surface area (Å²) in [5, 5.41) is 0. The normalized spacial score (nSPS) is 24.7. The lowest BCUT2D eigenvalue weighted by Gasteiger charge is -2.63. The van der Waals surface area contributed by atoms with Crippen LogP contribution in [0, 0.1) is 5.41 Å². The molecule has 1 heterocycles. The summed E-state index contributed by atoms with van der Waals surface area (Å²) in [6.45, 7) is 2.70. The van der Waals surface area contributed by atoms with Gasteiger partial charge in [-0.2, -0.15) is 0 Å². The Bertz CT molecular complexity index is 649. The third-order valence-corrected chi connectivity index (χ3v) is 5.41. The largest absolute Gasteiger partial charge is 0.490 e. The molecule has 0 saturated heterocycles. The summed E-state index contributed by atoms with van der Waals surface area (Å²) < 4.78 is 16.0. The van der Waals surface area contributed by atoms with Crippen LogP contribution in [0.4, 0.5) is 0 Å². The highest BCUT2D eigenvalue weighted by Crippen LogP contribution is 2.59. The van der Waals surface area contributed by atoms with E-state index >= 15 is 0 Å². The Balaban J connectivity index is 1.76. The number of methoxy groups -OCH3 is 1. The Hall–Kier alpha value is -1.82. The lowest BCUT2D eigenvalue weighted by Crippen LogP contribution is -2.67. The van der Waals surface area contributed by atoms with Gasteiger partial charge in [0.15, 0.2) is 5.76 Å². The summed E-state index contributed by atoms with van der Waals surface area (Å²) in [6.07, 6.45) is 5.63. The minimum Gasteiger partial charge on any atom is -0.490 e. The quantitative estimate of drug-likeness (QED) is 0.830. The third-order valence-electron chi connectivity index (χ3n) is 5.41. The average molecular weight is 321 g/mol. The van der Waals surface area contributed by atoms with Gasteiger partial charge in [-0.25, -0.2) is 0 Å². The lowest BCUT2D eigenvalue weighted by atomic mass is 9.50. The van der Waals surface area contributed by atoms with Crippen LogP contribution < -0.4 is 10.2 Å². The molecule has 1 aromatic heterocycles. The van der Waals surface area contributed by atoms with Gasteiger partial charge in [0.05, 0.1) is 13.2 Å². The van der Waals surface area contributed by atoms with E-state index in [4.69, 9.17) is 13.9 Å². The zero-order valence-electron chi connectivity index (χ0n) is 13.8. The van der Waals surface area contributed by atoms with Gasteiger partial charge in [0.2, 0.25) is 11.2 Å². The van der Waals surface area contributed by atoms with Crippen molar-refractivity contribution in [2.24, 2.45) is 5.41 Å². The number of carbonyl (C=O) groups excluding carboxylic acids is 1. The van der Waals surface area contributed by atoms with Crippen molar-refractivity contribution in [2.45, 2.75) is 44.8 Å². The maximum Gasteiger partial charge on any atom is 0.289 e. The minimum absolute atomic E-state index is 0.0487. The van der Waals surface area contributed by atoms with Crippen molar-refractivity contribution in [1.29, 1.82) is 0 Å². The highest BCUT2D eigenvalue weighted by molar-refractivity contribution is 5.91. The maximum atomic E-state index is 12.6. The van der Waals surface area contributed by atoms with Crippen LogP contribution in [0.2, 0.25) is 0 Å². The van der Waals surface area contributed by atoms with Crippen molar-refractivity contribution >= 4 is 5.91 Å². The molecule has 0 radical (unpaired) electrons. The Labute approximate surface area is 135 Å². The highest BCUT2D eigenvalue weighted by Gasteiger charge is 2.61. The fourth-order valence-corrected chi connectivity index (χ4v) is 3.92. The molecule has 0 aliphatic heterocycles. The molecule has 6 nitrogen and oxygen atoms in total. The van der Waals surface area contributed by atoms with Crippen molar-refractivity contribution in [1.82, 2.24) is 4.90 Å². The van der Waals surface area contributed by atoms with Crippen molar-refractivity contribution < 1.29 is 18.7 Å². The van der Waals surface area contributed by atoms with E-state index in [9.17, 15) is 9.59 Å². The first kappa shape index (κ1) is 16.1. The Morgan fingerprint density at radius 2 is 2.22 bits per heavy atom. The monoisotopic (exact) mass is 321 g/mol. The summed E-state index contributed by atoms with van der Waals surface area (Å²) in [7, 11) is 3.17. The van der Waals surface area contributed by atoms with Crippen LogP contribution in [-0.2, 0) is 4.74 Å². The van der Waals surface area contributed by atoms with Gasteiger partial charge >= 0.3 is 0 Å².